The van der Waals surface area contributed by atoms with Crippen molar-refractivity contribution in [3.8, 4) is 0 Å². The molecule has 2 aliphatic rings. The molecule has 1 N–H and O–H groups in total. The standard InChI is InChI=1S/C24H35N5O2S/c1-23(2,3)16-22(30)29-10-7-24(31,8-11-29)19-18-32-21(26-19)17-27-12-14-28(15-13-27)20-6-4-5-9-25-20/h4-6,9,18,31H,7-8,10-17H2,1-3H3. The summed E-state index contributed by atoms with van der Waals surface area (Å²) in [5.74, 6) is 1.22. The Morgan fingerprint density at radius 1 is 1.12 bits per heavy atom. The molecule has 7 nitrogen and oxygen atoms in total. The molecule has 1 amide bonds. The fourth-order valence-corrected chi connectivity index (χ4v) is 5.34. The zero-order valence-corrected chi connectivity index (χ0v) is 20.3. The van der Waals surface area contributed by atoms with Gasteiger partial charge in [-0.2, -0.15) is 0 Å². The zero-order valence-electron chi connectivity index (χ0n) is 19.5. The summed E-state index contributed by atoms with van der Waals surface area (Å²) in [6, 6.07) is 6.04. The number of thiazole rings is 1. The Labute approximate surface area is 195 Å². The molecule has 2 saturated heterocycles. The second kappa shape index (κ2) is 9.45. The normalized spacial score (nSPS) is 19.9. The van der Waals surface area contributed by atoms with Gasteiger partial charge in [-0.1, -0.05) is 26.8 Å². The first-order valence-corrected chi connectivity index (χ1v) is 12.4. The van der Waals surface area contributed by atoms with Crippen LogP contribution in [0.3, 0.4) is 0 Å². The molecule has 0 radical (unpaired) electrons. The number of hydrogen-bond donors (Lipinski definition) is 1. The van der Waals surface area contributed by atoms with E-state index in [-0.39, 0.29) is 11.3 Å². The lowest BCUT2D eigenvalue weighted by molar-refractivity contribution is -0.137. The van der Waals surface area contributed by atoms with E-state index in [9.17, 15) is 9.90 Å². The number of hydrogen-bond acceptors (Lipinski definition) is 7. The molecular weight excluding hydrogens is 422 g/mol. The van der Waals surface area contributed by atoms with Crippen molar-refractivity contribution in [1.82, 2.24) is 19.8 Å². The van der Waals surface area contributed by atoms with Crippen molar-refractivity contribution in [2.24, 2.45) is 5.41 Å². The van der Waals surface area contributed by atoms with E-state index < -0.39 is 5.60 Å². The lowest BCUT2D eigenvalue weighted by Gasteiger charge is -2.38. The predicted molar refractivity (Wildman–Crippen MR) is 128 cm³/mol. The largest absolute Gasteiger partial charge is 0.383 e. The highest BCUT2D eigenvalue weighted by atomic mass is 32.1. The lowest BCUT2D eigenvalue weighted by Crippen LogP contribution is -2.46. The zero-order chi connectivity index (χ0) is 22.8. The number of piperidine rings is 1. The SMILES string of the molecule is CC(C)(C)CC(=O)N1CCC(O)(c2csc(CN3CCN(c4ccccn4)CC3)n2)CC1. The molecule has 32 heavy (non-hydrogen) atoms. The smallest absolute Gasteiger partial charge is 0.223 e. The van der Waals surface area contributed by atoms with Crippen molar-refractivity contribution >= 4 is 23.1 Å². The molecule has 0 atom stereocenters. The first-order chi connectivity index (χ1) is 15.2. The van der Waals surface area contributed by atoms with E-state index in [2.05, 4.69) is 41.6 Å². The van der Waals surface area contributed by atoms with E-state index in [4.69, 9.17) is 4.98 Å². The van der Waals surface area contributed by atoms with E-state index in [0.717, 1.165) is 49.2 Å². The maximum absolute atomic E-state index is 12.5. The highest BCUT2D eigenvalue weighted by Gasteiger charge is 2.38. The summed E-state index contributed by atoms with van der Waals surface area (Å²) < 4.78 is 0. The van der Waals surface area contributed by atoms with Gasteiger partial charge in [0.1, 0.15) is 16.4 Å². The molecule has 0 aromatic carbocycles. The number of aromatic nitrogens is 2. The van der Waals surface area contributed by atoms with Crippen LogP contribution in [-0.4, -0.2) is 70.1 Å². The number of carbonyl (C=O) groups is 1. The Hall–Kier alpha value is -2.03. The number of piperazine rings is 1. The van der Waals surface area contributed by atoms with Crippen molar-refractivity contribution in [2.45, 2.75) is 52.2 Å². The fraction of sp³-hybridized carbons (Fsp3) is 0.625. The number of likely N-dealkylation sites (tertiary alicyclic amines) is 1. The summed E-state index contributed by atoms with van der Waals surface area (Å²) in [5, 5.41) is 14.3. The Morgan fingerprint density at radius 2 is 1.84 bits per heavy atom. The molecule has 2 fully saturated rings. The third-order valence-corrected chi connectivity index (χ3v) is 7.19. The van der Waals surface area contributed by atoms with Crippen molar-refractivity contribution in [3.05, 3.63) is 40.5 Å². The summed E-state index contributed by atoms with van der Waals surface area (Å²) >= 11 is 1.63. The average molecular weight is 458 g/mol. The van der Waals surface area contributed by atoms with Gasteiger partial charge in [-0.15, -0.1) is 11.3 Å². The Kier molecular flexibility index (Phi) is 6.83. The van der Waals surface area contributed by atoms with Crippen molar-refractivity contribution in [2.75, 3.05) is 44.2 Å². The van der Waals surface area contributed by atoms with E-state index in [1.165, 1.54) is 0 Å². The van der Waals surface area contributed by atoms with Crippen LogP contribution in [0.4, 0.5) is 5.82 Å². The highest BCUT2D eigenvalue weighted by Crippen LogP contribution is 2.34. The second-order valence-electron chi connectivity index (χ2n) is 10.2. The molecule has 2 aliphatic heterocycles. The number of aliphatic hydroxyl groups is 1. The quantitative estimate of drug-likeness (QED) is 0.744. The van der Waals surface area contributed by atoms with Crippen molar-refractivity contribution in [3.63, 3.8) is 0 Å². The Bertz CT molecular complexity index is 895. The molecule has 0 unspecified atom stereocenters. The maximum Gasteiger partial charge on any atom is 0.223 e. The second-order valence-corrected chi connectivity index (χ2v) is 11.2. The van der Waals surface area contributed by atoms with Crippen LogP contribution in [0.5, 0.6) is 0 Å². The first kappa shape index (κ1) is 23.1. The van der Waals surface area contributed by atoms with Gasteiger partial charge >= 0.3 is 0 Å². The molecule has 2 aromatic rings. The third kappa shape index (κ3) is 5.66. The molecule has 4 heterocycles. The summed E-state index contributed by atoms with van der Waals surface area (Å²) in [6.45, 7) is 12.1. The number of anilines is 1. The van der Waals surface area contributed by atoms with E-state index in [0.29, 0.717) is 32.4 Å². The summed E-state index contributed by atoms with van der Waals surface area (Å²) in [5.41, 5.74) is -0.171. The van der Waals surface area contributed by atoms with Crippen LogP contribution >= 0.6 is 11.3 Å². The molecule has 8 heteroatoms. The van der Waals surface area contributed by atoms with Gasteiger partial charge in [0, 0.05) is 57.3 Å². The number of pyridine rings is 1. The van der Waals surface area contributed by atoms with Crippen LogP contribution < -0.4 is 4.90 Å². The van der Waals surface area contributed by atoms with Crippen LogP contribution in [0.25, 0.3) is 0 Å². The van der Waals surface area contributed by atoms with Crippen molar-refractivity contribution in [1.29, 1.82) is 0 Å². The minimum atomic E-state index is -0.926. The number of carbonyl (C=O) groups excluding carboxylic acids is 1. The summed E-state index contributed by atoms with van der Waals surface area (Å²) in [6.07, 6.45) is 3.48. The van der Waals surface area contributed by atoms with Crippen LogP contribution in [0.2, 0.25) is 0 Å². The van der Waals surface area contributed by atoms with Gasteiger partial charge in [-0.25, -0.2) is 9.97 Å². The number of amides is 1. The molecule has 0 bridgehead atoms. The third-order valence-electron chi connectivity index (χ3n) is 6.36. The van der Waals surface area contributed by atoms with E-state index in [1.807, 2.05) is 28.6 Å². The van der Waals surface area contributed by atoms with Crippen molar-refractivity contribution < 1.29 is 9.90 Å². The van der Waals surface area contributed by atoms with E-state index >= 15 is 0 Å². The van der Waals surface area contributed by atoms with Gasteiger partial charge in [0.25, 0.3) is 0 Å². The summed E-state index contributed by atoms with van der Waals surface area (Å²) in [7, 11) is 0. The summed E-state index contributed by atoms with van der Waals surface area (Å²) in [4.78, 5) is 28.4. The highest BCUT2D eigenvalue weighted by molar-refractivity contribution is 7.09. The van der Waals surface area contributed by atoms with Gasteiger partial charge < -0.3 is 14.9 Å². The van der Waals surface area contributed by atoms with Crippen LogP contribution in [0.15, 0.2) is 29.8 Å². The van der Waals surface area contributed by atoms with Gasteiger partial charge in [-0.05, 0) is 30.4 Å². The molecule has 4 rings (SSSR count). The number of rotatable bonds is 5. The Morgan fingerprint density at radius 3 is 2.47 bits per heavy atom. The van der Waals surface area contributed by atoms with E-state index in [1.54, 1.807) is 11.3 Å². The molecule has 0 saturated carbocycles. The lowest BCUT2D eigenvalue weighted by atomic mass is 9.87. The molecular formula is C24H35N5O2S. The number of nitrogens with zero attached hydrogens (tertiary/aromatic N) is 5. The minimum Gasteiger partial charge on any atom is -0.383 e. The molecule has 0 aliphatic carbocycles. The molecule has 2 aromatic heterocycles. The van der Waals surface area contributed by atoms with Crippen LogP contribution in [-0.2, 0) is 16.9 Å². The minimum absolute atomic E-state index is 0.0161. The Balaban J connectivity index is 1.28. The fourth-order valence-electron chi connectivity index (χ4n) is 4.41. The average Bonchev–Trinajstić information content (AvgIpc) is 3.24. The monoisotopic (exact) mass is 457 g/mol. The molecule has 0 spiro atoms. The van der Waals surface area contributed by atoms with Gasteiger partial charge in [0.15, 0.2) is 0 Å². The topological polar surface area (TPSA) is 72.8 Å². The first-order valence-electron chi connectivity index (χ1n) is 11.6. The molecule has 174 valence electrons. The van der Waals surface area contributed by atoms with Gasteiger partial charge in [-0.3, -0.25) is 9.69 Å². The van der Waals surface area contributed by atoms with Crippen LogP contribution in [0, 0.1) is 5.41 Å². The van der Waals surface area contributed by atoms with Gasteiger partial charge in [0.2, 0.25) is 5.91 Å². The van der Waals surface area contributed by atoms with Gasteiger partial charge in [0.05, 0.1) is 12.2 Å². The van der Waals surface area contributed by atoms with Crippen LogP contribution in [0.1, 0.15) is 50.7 Å². The predicted octanol–water partition coefficient (Wildman–Crippen LogP) is 3.11. The maximum atomic E-state index is 12.5.